The molecular weight excluding hydrogens is 241 g/mol. The van der Waals surface area contributed by atoms with E-state index in [9.17, 15) is 4.39 Å². The lowest BCUT2D eigenvalue weighted by atomic mass is 10.1. The van der Waals surface area contributed by atoms with Gasteiger partial charge in [-0.05, 0) is 37.2 Å². The van der Waals surface area contributed by atoms with Crippen molar-refractivity contribution in [2.75, 3.05) is 20.1 Å². The van der Waals surface area contributed by atoms with Gasteiger partial charge in [-0.2, -0.15) is 0 Å². The zero-order valence-corrected chi connectivity index (χ0v) is 11.1. The third-order valence-corrected chi connectivity index (χ3v) is 3.82. The van der Waals surface area contributed by atoms with Crippen molar-refractivity contribution in [3.05, 3.63) is 41.8 Å². The zero-order chi connectivity index (χ0) is 13.2. The van der Waals surface area contributed by atoms with Crippen LogP contribution < -0.4 is 5.32 Å². The van der Waals surface area contributed by atoms with E-state index >= 15 is 0 Å². The van der Waals surface area contributed by atoms with Gasteiger partial charge in [-0.1, -0.05) is 6.07 Å². The van der Waals surface area contributed by atoms with Crippen LogP contribution in [0.4, 0.5) is 4.39 Å². The number of likely N-dealkylation sites (N-methyl/N-ethyl adjacent to an activating group) is 1. The predicted molar refractivity (Wildman–Crippen MR) is 74.4 cm³/mol. The molecule has 19 heavy (non-hydrogen) atoms. The summed E-state index contributed by atoms with van der Waals surface area (Å²) in [7, 11) is 1.99. The molecule has 0 radical (unpaired) electrons. The van der Waals surface area contributed by atoms with Crippen molar-refractivity contribution < 1.29 is 4.39 Å². The Hall–Kier alpha value is -1.52. The van der Waals surface area contributed by atoms with E-state index in [0.29, 0.717) is 6.04 Å². The highest BCUT2D eigenvalue weighted by Crippen LogP contribution is 2.21. The lowest BCUT2D eigenvalue weighted by molar-refractivity contribution is 0.323. The maximum atomic E-state index is 13.7. The van der Waals surface area contributed by atoms with Gasteiger partial charge in [-0.3, -0.25) is 9.88 Å². The van der Waals surface area contributed by atoms with E-state index in [1.807, 2.05) is 19.2 Å². The van der Waals surface area contributed by atoms with E-state index in [0.717, 1.165) is 42.5 Å². The molecule has 1 aliphatic rings. The number of hydrogen-bond donors (Lipinski definition) is 1. The summed E-state index contributed by atoms with van der Waals surface area (Å²) >= 11 is 0. The minimum atomic E-state index is -0.181. The number of likely N-dealkylation sites (tertiary alicyclic amines) is 1. The molecule has 0 bridgehead atoms. The van der Waals surface area contributed by atoms with Gasteiger partial charge in [0.2, 0.25) is 0 Å². The summed E-state index contributed by atoms with van der Waals surface area (Å²) in [5, 5.41) is 4.17. The standard InChI is InChI=1S/C15H18FN3/c1-17-14-4-6-19(10-14)9-12-8-13(16)7-11-3-2-5-18-15(11)12/h2-3,5,7-8,14,17H,4,6,9-10H2,1H3. The molecule has 2 aromatic rings. The Morgan fingerprint density at radius 1 is 1.47 bits per heavy atom. The van der Waals surface area contributed by atoms with Crippen molar-refractivity contribution in [2.24, 2.45) is 0 Å². The van der Waals surface area contributed by atoms with Crippen molar-refractivity contribution in [3.63, 3.8) is 0 Å². The first-order valence-corrected chi connectivity index (χ1v) is 6.69. The molecule has 100 valence electrons. The van der Waals surface area contributed by atoms with Gasteiger partial charge in [-0.15, -0.1) is 0 Å². The summed E-state index contributed by atoms with van der Waals surface area (Å²) in [6.07, 6.45) is 2.92. The van der Waals surface area contributed by atoms with Crippen LogP contribution in [0.5, 0.6) is 0 Å². The second-order valence-corrected chi connectivity index (χ2v) is 5.15. The van der Waals surface area contributed by atoms with Crippen molar-refractivity contribution in [1.29, 1.82) is 0 Å². The van der Waals surface area contributed by atoms with Crippen molar-refractivity contribution in [3.8, 4) is 0 Å². The fourth-order valence-electron chi connectivity index (χ4n) is 2.80. The maximum absolute atomic E-state index is 13.7. The molecule has 3 nitrogen and oxygen atoms in total. The first kappa shape index (κ1) is 12.5. The fraction of sp³-hybridized carbons (Fsp3) is 0.400. The van der Waals surface area contributed by atoms with Crippen LogP contribution in [0.1, 0.15) is 12.0 Å². The smallest absolute Gasteiger partial charge is 0.124 e. The molecule has 1 fully saturated rings. The first-order valence-electron chi connectivity index (χ1n) is 6.69. The topological polar surface area (TPSA) is 28.2 Å². The maximum Gasteiger partial charge on any atom is 0.124 e. The van der Waals surface area contributed by atoms with E-state index in [1.54, 1.807) is 18.3 Å². The van der Waals surface area contributed by atoms with Crippen LogP contribution in [-0.4, -0.2) is 36.1 Å². The number of rotatable bonds is 3. The Kier molecular flexibility index (Phi) is 3.44. The van der Waals surface area contributed by atoms with Crippen molar-refractivity contribution in [2.45, 2.75) is 19.0 Å². The molecule has 0 amide bonds. The predicted octanol–water partition coefficient (Wildman–Crippen LogP) is 2.17. The number of nitrogens with one attached hydrogen (secondary N) is 1. The average molecular weight is 259 g/mol. The molecule has 0 saturated carbocycles. The highest BCUT2D eigenvalue weighted by atomic mass is 19.1. The largest absolute Gasteiger partial charge is 0.316 e. The molecule has 4 heteroatoms. The van der Waals surface area contributed by atoms with E-state index < -0.39 is 0 Å². The number of fused-ring (bicyclic) bond motifs is 1. The number of aromatic nitrogens is 1. The van der Waals surface area contributed by atoms with Crippen LogP contribution in [0, 0.1) is 5.82 Å². The summed E-state index contributed by atoms with van der Waals surface area (Å²) in [5.74, 6) is -0.181. The molecule has 2 heterocycles. The quantitative estimate of drug-likeness (QED) is 0.915. The Labute approximate surface area is 112 Å². The zero-order valence-electron chi connectivity index (χ0n) is 11.1. The van der Waals surface area contributed by atoms with E-state index in [1.165, 1.54) is 0 Å². The third kappa shape index (κ3) is 2.60. The highest BCUT2D eigenvalue weighted by molar-refractivity contribution is 5.81. The fourth-order valence-corrected chi connectivity index (χ4v) is 2.80. The van der Waals surface area contributed by atoms with Crippen LogP contribution in [-0.2, 0) is 6.54 Å². The minimum Gasteiger partial charge on any atom is -0.316 e. The summed E-state index contributed by atoms with van der Waals surface area (Å²) in [5.41, 5.74) is 1.89. The highest BCUT2D eigenvalue weighted by Gasteiger charge is 2.21. The van der Waals surface area contributed by atoms with Gasteiger partial charge in [0, 0.05) is 37.3 Å². The molecule has 1 aromatic heterocycles. The van der Waals surface area contributed by atoms with Gasteiger partial charge in [0.25, 0.3) is 0 Å². The average Bonchev–Trinajstić information content (AvgIpc) is 2.86. The van der Waals surface area contributed by atoms with E-state index in [2.05, 4.69) is 15.2 Å². The Balaban J connectivity index is 1.88. The summed E-state index contributed by atoms with van der Waals surface area (Å²) < 4.78 is 13.7. The van der Waals surface area contributed by atoms with Crippen molar-refractivity contribution in [1.82, 2.24) is 15.2 Å². The second kappa shape index (κ2) is 5.23. The molecule has 1 atom stereocenters. The Morgan fingerprint density at radius 2 is 2.37 bits per heavy atom. The molecule has 0 aliphatic carbocycles. The van der Waals surface area contributed by atoms with Gasteiger partial charge >= 0.3 is 0 Å². The van der Waals surface area contributed by atoms with Crippen LogP contribution in [0.3, 0.4) is 0 Å². The normalized spacial score (nSPS) is 20.2. The van der Waals surface area contributed by atoms with E-state index in [-0.39, 0.29) is 5.82 Å². The van der Waals surface area contributed by atoms with Crippen molar-refractivity contribution >= 4 is 10.9 Å². The van der Waals surface area contributed by atoms with Crippen LogP contribution in [0.15, 0.2) is 30.5 Å². The molecular formula is C15H18FN3. The number of halogens is 1. The third-order valence-electron chi connectivity index (χ3n) is 3.82. The molecule has 0 spiro atoms. The molecule has 1 N–H and O–H groups in total. The van der Waals surface area contributed by atoms with Gasteiger partial charge in [0.05, 0.1) is 5.52 Å². The van der Waals surface area contributed by atoms with Crippen LogP contribution in [0.2, 0.25) is 0 Å². The SMILES string of the molecule is CNC1CCN(Cc2cc(F)cc3cccnc23)C1. The van der Waals surface area contributed by atoms with Gasteiger partial charge in [0.15, 0.2) is 0 Å². The van der Waals surface area contributed by atoms with E-state index in [4.69, 9.17) is 0 Å². The lowest BCUT2D eigenvalue weighted by Crippen LogP contribution is -2.29. The molecule has 1 saturated heterocycles. The van der Waals surface area contributed by atoms with Gasteiger partial charge < -0.3 is 5.32 Å². The Morgan fingerprint density at radius 3 is 3.16 bits per heavy atom. The minimum absolute atomic E-state index is 0.181. The lowest BCUT2D eigenvalue weighted by Gasteiger charge is -2.17. The summed E-state index contributed by atoms with van der Waals surface area (Å²) in [4.78, 5) is 6.75. The summed E-state index contributed by atoms with van der Waals surface area (Å²) in [6.45, 7) is 2.83. The molecule has 1 aromatic carbocycles. The monoisotopic (exact) mass is 259 g/mol. The van der Waals surface area contributed by atoms with Gasteiger partial charge in [-0.25, -0.2) is 4.39 Å². The Bertz CT molecular complexity index is 585. The first-order chi connectivity index (χ1) is 9.26. The summed E-state index contributed by atoms with van der Waals surface area (Å²) in [6, 6.07) is 7.47. The number of nitrogens with zero attached hydrogens (tertiary/aromatic N) is 2. The van der Waals surface area contributed by atoms with Gasteiger partial charge in [0.1, 0.15) is 5.82 Å². The number of hydrogen-bond acceptors (Lipinski definition) is 3. The number of benzene rings is 1. The second-order valence-electron chi connectivity index (χ2n) is 5.15. The molecule has 1 unspecified atom stereocenters. The van der Waals surface area contributed by atoms with Crippen LogP contribution in [0.25, 0.3) is 10.9 Å². The molecule has 3 rings (SSSR count). The van der Waals surface area contributed by atoms with Crippen LogP contribution >= 0.6 is 0 Å². The number of pyridine rings is 1. The molecule has 1 aliphatic heterocycles.